The lowest BCUT2D eigenvalue weighted by atomic mass is 10.2. The molecule has 3 rings (SSSR count). The second kappa shape index (κ2) is 7.30. The van der Waals surface area contributed by atoms with E-state index in [0.717, 1.165) is 18.5 Å². The first-order valence-electron chi connectivity index (χ1n) is 8.20. The third-order valence-corrected chi connectivity index (χ3v) is 4.82. The highest BCUT2D eigenvalue weighted by Gasteiger charge is 2.40. The molecule has 27 heavy (non-hydrogen) atoms. The SMILES string of the molecule is COc1ccc(N2CCN(C(=O)c3nn(C)c(C(F)(F)F)c3Cl)CC2)cc1. The molecule has 0 N–H and O–H groups in total. The number of ether oxygens (including phenoxy) is 1. The number of hydrogen-bond acceptors (Lipinski definition) is 4. The van der Waals surface area contributed by atoms with Crippen molar-refractivity contribution >= 4 is 23.2 Å². The lowest BCUT2D eigenvalue weighted by molar-refractivity contribution is -0.143. The van der Waals surface area contributed by atoms with Crippen molar-refractivity contribution in [2.24, 2.45) is 7.05 Å². The average molecular weight is 403 g/mol. The second-order valence-corrected chi connectivity index (χ2v) is 6.49. The molecule has 1 amide bonds. The summed E-state index contributed by atoms with van der Waals surface area (Å²) in [6.45, 7) is 1.82. The number of halogens is 4. The van der Waals surface area contributed by atoms with Crippen LogP contribution in [-0.4, -0.2) is 53.9 Å². The molecule has 0 unspecified atom stereocenters. The number of piperazine rings is 1. The highest BCUT2D eigenvalue weighted by molar-refractivity contribution is 6.34. The minimum Gasteiger partial charge on any atom is -0.497 e. The van der Waals surface area contributed by atoms with Crippen LogP contribution in [0.4, 0.5) is 18.9 Å². The summed E-state index contributed by atoms with van der Waals surface area (Å²) >= 11 is 5.81. The van der Waals surface area contributed by atoms with Gasteiger partial charge in [0.15, 0.2) is 11.4 Å². The molecule has 1 aromatic carbocycles. The van der Waals surface area contributed by atoms with E-state index in [9.17, 15) is 18.0 Å². The van der Waals surface area contributed by atoms with Crippen molar-refractivity contribution in [3.63, 3.8) is 0 Å². The highest BCUT2D eigenvalue weighted by Crippen LogP contribution is 2.36. The van der Waals surface area contributed by atoms with Crippen LogP contribution in [0.2, 0.25) is 5.02 Å². The van der Waals surface area contributed by atoms with Crippen molar-refractivity contribution in [3.05, 3.63) is 40.7 Å². The van der Waals surface area contributed by atoms with Gasteiger partial charge in [-0.05, 0) is 24.3 Å². The molecule has 1 saturated heterocycles. The molecule has 0 atom stereocenters. The molecule has 10 heteroatoms. The smallest absolute Gasteiger partial charge is 0.434 e. The van der Waals surface area contributed by atoms with Crippen LogP contribution in [0, 0.1) is 0 Å². The summed E-state index contributed by atoms with van der Waals surface area (Å²) in [6.07, 6.45) is -4.68. The normalized spacial score (nSPS) is 15.2. The zero-order valence-corrected chi connectivity index (χ0v) is 15.5. The van der Waals surface area contributed by atoms with Crippen LogP contribution in [0.1, 0.15) is 16.2 Å². The Kier molecular flexibility index (Phi) is 5.23. The van der Waals surface area contributed by atoms with Crippen LogP contribution in [0.3, 0.4) is 0 Å². The van der Waals surface area contributed by atoms with Crippen molar-refractivity contribution in [1.29, 1.82) is 0 Å². The Morgan fingerprint density at radius 3 is 2.22 bits per heavy atom. The van der Waals surface area contributed by atoms with Crippen molar-refractivity contribution < 1.29 is 22.7 Å². The second-order valence-electron chi connectivity index (χ2n) is 6.11. The number of alkyl halides is 3. The van der Waals surface area contributed by atoms with E-state index in [0.29, 0.717) is 30.9 Å². The van der Waals surface area contributed by atoms with Gasteiger partial charge < -0.3 is 14.5 Å². The summed E-state index contributed by atoms with van der Waals surface area (Å²) in [7, 11) is 2.71. The van der Waals surface area contributed by atoms with Gasteiger partial charge in [-0.2, -0.15) is 18.3 Å². The van der Waals surface area contributed by atoms with Gasteiger partial charge in [0.1, 0.15) is 10.8 Å². The summed E-state index contributed by atoms with van der Waals surface area (Å²) in [5, 5.41) is 3.03. The Morgan fingerprint density at radius 1 is 1.15 bits per heavy atom. The Labute approximate surface area is 159 Å². The Balaban J connectivity index is 1.70. The summed E-state index contributed by atoms with van der Waals surface area (Å²) < 4.78 is 44.8. The fourth-order valence-corrected chi connectivity index (χ4v) is 3.40. The topological polar surface area (TPSA) is 50.6 Å². The Hall–Kier alpha value is -2.42. The maximum absolute atomic E-state index is 13.0. The number of anilines is 1. The number of hydrogen-bond donors (Lipinski definition) is 0. The number of nitrogens with zero attached hydrogens (tertiary/aromatic N) is 4. The number of methoxy groups -OCH3 is 1. The largest absolute Gasteiger partial charge is 0.497 e. The molecule has 0 spiro atoms. The summed E-state index contributed by atoms with van der Waals surface area (Å²) in [6, 6.07) is 7.53. The number of aryl methyl sites for hydroxylation is 1. The molecule has 2 heterocycles. The maximum atomic E-state index is 13.0. The van der Waals surface area contributed by atoms with Gasteiger partial charge in [-0.1, -0.05) is 11.6 Å². The molecule has 0 aliphatic carbocycles. The zero-order valence-electron chi connectivity index (χ0n) is 14.8. The number of aromatic nitrogens is 2. The first-order valence-corrected chi connectivity index (χ1v) is 8.58. The quantitative estimate of drug-likeness (QED) is 0.791. The summed E-state index contributed by atoms with van der Waals surface area (Å²) in [4.78, 5) is 16.2. The molecule has 0 radical (unpaired) electrons. The molecule has 2 aromatic rings. The minimum absolute atomic E-state index is 0.360. The summed E-state index contributed by atoms with van der Waals surface area (Å²) in [5.74, 6) is 0.151. The predicted molar refractivity (Wildman–Crippen MR) is 94.3 cm³/mol. The van der Waals surface area contributed by atoms with Crippen LogP contribution in [0.5, 0.6) is 5.75 Å². The van der Waals surface area contributed by atoms with Gasteiger partial charge >= 0.3 is 6.18 Å². The van der Waals surface area contributed by atoms with Crippen LogP contribution in [0.15, 0.2) is 24.3 Å². The van der Waals surface area contributed by atoms with Crippen LogP contribution < -0.4 is 9.64 Å². The van der Waals surface area contributed by atoms with E-state index in [4.69, 9.17) is 16.3 Å². The Bertz CT molecular complexity index is 828. The fraction of sp³-hybridized carbons (Fsp3) is 0.412. The standard InChI is InChI=1S/C17H18ClF3N4O2/c1-23-15(17(19,20)21)13(18)14(22-23)16(26)25-9-7-24(8-10-25)11-3-5-12(27-2)6-4-11/h3-6H,7-10H2,1-2H3. The van der Waals surface area contributed by atoms with E-state index in [1.54, 1.807) is 7.11 Å². The molecule has 1 aliphatic heterocycles. The van der Waals surface area contributed by atoms with Gasteiger partial charge in [-0.15, -0.1) is 0 Å². The van der Waals surface area contributed by atoms with E-state index in [-0.39, 0.29) is 5.69 Å². The first-order chi connectivity index (χ1) is 12.7. The molecule has 0 bridgehead atoms. The molecule has 1 fully saturated rings. The predicted octanol–water partition coefficient (Wildman–Crippen LogP) is 3.06. The molecule has 1 aromatic heterocycles. The molecule has 6 nitrogen and oxygen atoms in total. The van der Waals surface area contributed by atoms with Gasteiger partial charge in [0.25, 0.3) is 5.91 Å². The fourth-order valence-electron chi connectivity index (χ4n) is 3.05. The van der Waals surface area contributed by atoms with E-state index < -0.39 is 22.8 Å². The van der Waals surface area contributed by atoms with Crippen LogP contribution in [0.25, 0.3) is 0 Å². The van der Waals surface area contributed by atoms with Gasteiger partial charge in [-0.3, -0.25) is 9.48 Å². The third kappa shape index (κ3) is 3.83. The zero-order chi connectivity index (χ0) is 19.8. The van der Waals surface area contributed by atoms with Crippen LogP contribution >= 0.6 is 11.6 Å². The average Bonchev–Trinajstić information content (AvgIpc) is 2.95. The summed E-state index contributed by atoms with van der Waals surface area (Å²) in [5.41, 5.74) is -0.508. The number of benzene rings is 1. The molecule has 0 saturated carbocycles. The molecule has 1 aliphatic rings. The van der Waals surface area contributed by atoms with Crippen molar-refractivity contribution in [2.75, 3.05) is 38.2 Å². The monoisotopic (exact) mass is 402 g/mol. The highest BCUT2D eigenvalue weighted by atomic mass is 35.5. The Morgan fingerprint density at radius 2 is 1.74 bits per heavy atom. The van der Waals surface area contributed by atoms with Crippen molar-refractivity contribution in [3.8, 4) is 5.75 Å². The molecular weight excluding hydrogens is 385 g/mol. The minimum atomic E-state index is -4.68. The van der Waals surface area contributed by atoms with E-state index in [2.05, 4.69) is 10.00 Å². The van der Waals surface area contributed by atoms with E-state index >= 15 is 0 Å². The van der Waals surface area contributed by atoms with Crippen molar-refractivity contribution in [1.82, 2.24) is 14.7 Å². The van der Waals surface area contributed by atoms with Crippen LogP contribution in [-0.2, 0) is 13.2 Å². The van der Waals surface area contributed by atoms with E-state index in [1.165, 1.54) is 4.90 Å². The number of rotatable bonds is 3. The lowest BCUT2D eigenvalue weighted by Gasteiger charge is -2.35. The number of carbonyl (C=O) groups is 1. The number of carbonyl (C=O) groups excluding carboxylic acids is 1. The van der Waals surface area contributed by atoms with Gasteiger partial charge in [0.2, 0.25) is 0 Å². The molecular formula is C17H18ClF3N4O2. The maximum Gasteiger partial charge on any atom is 0.434 e. The van der Waals surface area contributed by atoms with Crippen molar-refractivity contribution in [2.45, 2.75) is 6.18 Å². The third-order valence-electron chi connectivity index (χ3n) is 4.46. The lowest BCUT2D eigenvalue weighted by Crippen LogP contribution is -2.49. The first kappa shape index (κ1) is 19.3. The number of amides is 1. The van der Waals surface area contributed by atoms with E-state index in [1.807, 2.05) is 24.3 Å². The molecule has 146 valence electrons. The van der Waals surface area contributed by atoms with Gasteiger partial charge in [0.05, 0.1) is 7.11 Å². The van der Waals surface area contributed by atoms with Gasteiger partial charge in [0, 0.05) is 38.9 Å². The van der Waals surface area contributed by atoms with Gasteiger partial charge in [-0.25, -0.2) is 0 Å².